The Balaban J connectivity index is 1.38. The van der Waals surface area contributed by atoms with Crippen LogP contribution in [0, 0.1) is 6.92 Å². The summed E-state index contributed by atoms with van der Waals surface area (Å²) in [6, 6.07) is 12.5. The number of aryl methyl sites for hydroxylation is 2. The molecule has 34 heavy (non-hydrogen) atoms. The van der Waals surface area contributed by atoms with E-state index in [9.17, 15) is 9.59 Å². The molecule has 2 aliphatic heterocycles. The smallest absolute Gasteiger partial charge is 0.223 e. The van der Waals surface area contributed by atoms with Crippen molar-refractivity contribution in [1.29, 1.82) is 0 Å². The van der Waals surface area contributed by atoms with Crippen molar-refractivity contribution in [2.75, 3.05) is 13.2 Å². The topological polar surface area (TPSA) is 55.8 Å². The molecule has 6 heteroatoms. The molecule has 1 amide bonds. The van der Waals surface area contributed by atoms with Crippen molar-refractivity contribution in [1.82, 2.24) is 4.90 Å². The Morgan fingerprint density at radius 2 is 2.15 bits per heavy atom. The number of amides is 1. The average molecular weight is 482 g/mol. The molecule has 1 aromatic carbocycles. The Bertz CT molecular complexity index is 978. The summed E-state index contributed by atoms with van der Waals surface area (Å²) in [4.78, 5) is 27.4. The summed E-state index contributed by atoms with van der Waals surface area (Å²) in [5.41, 5.74) is 2.49. The molecular formula is C28H35NO4S. The molecule has 1 aromatic heterocycles. The molecular weight excluding hydrogens is 446 g/mol. The van der Waals surface area contributed by atoms with Gasteiger partial charge in [-0.25, -0.2) is 0 Å². The Labute approximate surface area is 206 Å². The van der Waals surface area contributed by atoms with Crippen LogP contribution in [0.5, 0.6) is 0 Å². The highest BCUT2D eigenvalue weighted by molar-refractivity contribution is 7.13. The van der Waals surface area contributed by atoms with E-state index in [-0.39, 0.29) is 24.3 Å². The van der Waals surface area contributed by atoms with Crippen LogP contribution in [-0.4, -0.2) is 48.7 Å². The SMILES string of the molecule is Cc1cccc(C[C@@H](/C=C/[C@H]2CCC(=O)N2CCCc2ccc(C=O)s2)OC2CCCCO2)c1. The van der Waals surface area contributed by atoms with Crippen LogP contribution in [0.1, 0.15) is 64.2 Å². The largest absolute Gasteiger partial charge is 0.353 e. The number of likely N-dealkylation sites (tertiary alicyclic amines) is 1. The van der Waals surface area contributed by atoms with Gasteiger partial charge in [0.2, 0.25) is 5.91 Å². The molecule has 4 rings (SSSR count). The Kier molecular flexibility index (Phi) is 9.08. The summed E-state index contributed by atoms with van der Waals surface area (Å²) < 4.78 is 12.2. The van der Waals surface area contributed by atoms with Crippen molar-refractivity contribution in [2.45, 2.75) is 76.7 Å². The molecule has 0 aliphatic carbocycles. The van der Waals surface area contributed by atoms with Gasteiger partial charge >= 0.3 is 0 Å². The Morgan fingerprint density at radius 3 is 2.91 bits per heavy atom. The van der Waals surface area contributed by atoms with Crippen LogP contribution in [-0.2, 0) is 27.1 Å². The number of aldehydes is 1. The standard InChI is InChI=1S/C28H35NO4S/c1-21-6-4-7-22(18-21)19-24(33-28-9-2-3-17-32-28)12-10-23-11-15-27(31)29(23)16-5-8-25-13-14-26(20-30)34-25/h4,6-7,10,12-14,18,20,23-24,28H,2-3,5,8-9,11,15-17,19H2,1H3/b12-10+/t23-,24+,28?/m0/s1. The van der Waals surface area contributed by atoms with Gasteiger partial charge in [0.1, 0.15) is 0 Å². The number of benzene rings is 1. The fraction of sp³-hybridized carbons (Fsp3) is 0.500. The minimum atomic E-state index is -0.156. The van der Waals surface area contributed by atoms with E-state index in [1.54, 1.807) is 0 Å². The van der Waals surface area contributed by atoms with Crippen molar-refractivity contribution in [2.24, 2.45) is 0 Å². The highest BCUT2D eigenvalue weighted by Crippen LogP contribution is 2.24. The van der Waals surface area contributed by atoms with E-state index in [2.05, 4.69) is 43.3 Å². The zero-order valence-corrected chi connectivity index (χ0v) is 20.8. The van der Waals surface area contributed by atoms with Gasteiger partial charge in [0, 0.05) is 30.9 Å². The van der Waals surface area contributed by atoms with E-state index in [1.807, 2.05) is 17.0 Å². The molecule has 2 aromatic rings. The normalized spacial score (nSPS) is 21.9. The first-order chi connectivity index (χ1) is 16.6. The van der Waals surface area contributed by atoms with Crippen LogP contribution in [0.4, 0.5) is 0 Å². The predicted octanol–water partition coefficient (Wildman–Crippen LogP) is 5.50. The zero-order chi connectivity index (χ0) is 23.8. The maximum Gasteiger partial charge on any atom is 0.223 e. The minimum Gasteiger partial charge on any atom is -0.353 e. The monoisotopic (exact) mass is 481 g/mol. The van der Waals surface area contributed by atoms with Crippen LogP contribution in [0.15, 0.2) is 48.6 Å². The van der Waals surface area contributed by atoms with Gasteiger partial charge in [-0.1, -0.05) is 42.0 Å². The summed E-state index contributed by atoms with van der Waals surface area (Å²) in [6.45, 7) is 3.60. The lowest BCUT2D eigenvalue weighted by Crippen LogP contribution is -2.33. The third-order valence-corrected chi connectivity index (χ3v) is 7.60. The lowest BCUT2D eigenvalue weighted by atomic mass is 10.0. The first kappa shape index (κ1) is 24.8. The predicted molar refractivity (Wildman–Crippen MR) is 135 cm³/mol. The molecule has 3 atom stereocenters. The number of hydrogen-bond acceptors (Lipinski definition) is 5. The fourth-order valence-corrected chi connectivity index (χ4v) is 5.63. The van der Waals surface area contributed by atoms with Gasteiger partial charge < -0.3 is 14.4 Å². The molecule has 2 fully saturated rings. The summed E-state index contributed by atoms with van der Waals surface area (Å²) in [5, 5.41) is 0. The van der Waals surface area contributed by atoms with E-state index in [4.69, 9.17) is 9.47 Å². The molecule has 2 aliphatic rings. The van der Waals surface area contributed by atoms with Crippen LogP contribution in [0.25, 0.3) is 0 Å². The maximum atomic E-state index is 12.6. The highest BCUT2D eigenvalue weighted by Gasteiger charge is 2.29. The summed E-state index contributed by atoms with van der Waals surface area (Å²) in [6.07, 6.45) is 12.1. The molecule has 0 N–H and O–H groups in total. The van der Waals surface area contributed by atoms with Crippen LogP contribution < -0.4 is 0 Å². The number of nitrogens with zero attached hydrogens (tertiary/aromatic N) is 1. The van der Waals surface area contributed by atoms with Crippen LogP contribution in [0.2, 0.25) is 0 Å². The van der Waals surface area contributed by atoms with Crippen molar-refractivity contribution in [3.8, 4) is 0 Å². The van der Waals surface area contributed by atoms with E-state index < -0.39 is 0 Å². The van der Waals surface area contributed by atoms with Crippen LogP contribution in [0.3, 0.4) is 0 Å². The number of carbonyl (C=O) groups is 2. The van der Waals surface area contributed by atoms with Gasteiger partial charge in [-0.2, -0.15) is 0 Å². The van der Waals surface area contributed by atoms with E-state index in [1.165, 1.54) is 27.3 Å². The molecule has 5 nitrogen and oxygen atoms in total. The number of ether oxygens (including phenoxy) is 2. The third kappa shape index (κ3) is 7.11. The van der Waals surface area contributed by atoms with Crippen molar-refractivity contribution < 1.29 is 19.1 Å². The molecule has 0 bridgehead atoms. The van der Waals surface area contributed by atoms with E-state index in [0.29, 0.717) is 6.42 Å². The molecule has 0 spiro atoms. The van der Waals surface area contributed by atoms with Crippen molar-refractivity contribution >= 4 is 23.5 Å². The van der Waals surface area contributed by atoms with E-state index in [0.717, 1.165) is 69.3 Å². The highest BCUT2D eigenvalue weighted by atomic mass is 32.1. The second-order valence-corrected chi connectivity index (χ2v) is 10.5. The summed E-state index contributed by atoms with van der Waals surface area (Å²) >= 11 is 1.54. The first-order valence-corrected chi connectivity index (χ1v) is 13.3. The molecule has 2 saturated heterocycles. The molecule has 3 heterocycles. The maximum absolute atomic E-state index is 12.6. The zero-order valence-electron chi connectivity index (χ0n) is 20.0. The second kappa shape index (κ2) is 12.4. The second-order valence-electron chi connectivity index (χ2n) is 9.27. The quantitative estimate of drug-likeness (QED) is 0.314. The fourth-order valence-electron chi connectivity index (χ4n) is 4.76. The number of rotatable bonds is 11. The van der Waals surface area contributed by atoms with Gasteiger partial charge in [0.05, 0.1) is 17.0 Å². The van der Waals surface area contributed by atoms with Gasteiger partial charge in [-0.3, -0.25) is 9.59 Å². The first-order valence-electron chi connectivity index (χ1n) is 12.4. The van der Waals surface area contributed by atoms with Gasteiger partial charge in [-0.15, -0.1) is 11.3 Å². The van der Waals surface area contributed by atoms with Crippen LogP contribution >= 0.6 is 11.3 Å². The van der Waals surface area contributed by atoms with Gasteiger partial charge in [0.25, 0.3) is 0 Å². The molecule has 182 valence electrons. The summed E-state index contributed by atoms with van der Waals surface area (Å²) in [5.74, 6) is 0.223. The van der Waals surface area contributed by atoms with Crippen molar-refractivity contribution in [3.63, 3.8) is 0 Å². The van der Waals surface area contributed by atoms with Gasteiger partial charge in [-0.05, 0) is 63.1 Å². The Morgan fingerprint density at radius 1 is 1.24 bits per heavy atom. The number of thiophene rings is 1. The lowest BCUT2D eigenvalue weighted by Gasteiger charge is -2.27. The summed E-state index contributed by atoms with van der Waals surface area (Å²) in [7, 11) is 0. The average Bonchev–Trinajstić information content (AvgIpc) is 3.45. The molecule has 0 saturated carbocycles. The van der Waals surface area contributed by atoms with E-state index >= 15 is 0 Å². The third-order valence-electron chi connectivity index (χ3n) is 6.53. The Hall–Kier alpha value is -2.28. The molecule has 0 radical (unpaired) electrons. The number of hydrogen-bond donors (Lipinski definition) is 0. The lowest BCUT2D eigenvalue weighted by molar-refractivity contribution is -0.178. The number of carbonyl (C=O) groups excluding carboxylic acids is 2. The molecule has 1 unspecified atom stereocenters. The van der Waals surface area contributed by atoms with Gasteiger partial charge in [0.15, 0.2) is 12.6 Å². The van der Waals surface area contributed by atoms with Crippen molar-refractivity contribution in [3.05, 3.63) is 69.4 Å². The minimum absolute atomic E-state index is 0.0877.